The summed E-state index contributed by atoms with van der Waals surface area (Å²) in [6, 6.07) is 3.31. The molecule has 1 aromatic heterocycles. The first-order chi connectivity index (χ1) is 9.62. The third-order valence-corrected chi connectivity index (χ3v) is 2.92. The van der Waals surface area contributed by atoms with Crippen LogP contribution in [0.25, 0.3) is 0 Å². The van der Waals surface area contributed by atoms with Crippen molar-refractivity contribution in [1.82, 2.24) is 4.98 Å². The van der Waals surface area contributed by atoms with Gasteiger partial charge < -0.3 is 15.4 Å². The highest BCUT2D eigenvalue weighted by Gasteiger charge is 2.20. The Morgan fingerprint density at radius 2 is 2.20 bits per heavy atom. The maximum Gasteiger partial charge on any atom is 0.311 e. The van der Waals surface area contributed by atoms with Gasteiger partial charge in [0.15, 0.2) is 0 Å². The fourth-order valence-electron chi connectivity index (χ4n) is 1.76. The van der Waals surface area contributed by atoms with E-state index in [-0.39, 0.29) is 13.0 Å². The lowest BCUT2D eigenvalue weighted by Crippen LogP contribution is -2.31. The van der Waals surface area contributed by atoms with E-state index in [0.717, 1.165) is 0 Å². The number of nitrogens with zero attached hydrogens (tertiary/aromatic N) is 2. The van der Waals surface area contributed by atoms with Gasteiger partial charge in [-0.05, 0) is 18.6 Å². The van der Waals surface area contributed by atoms with Gasteiger partial charge in [-0.1, -0.05) is 0 Å². The van der Waals surface area contributed by atoms with Gasteiger partial charge >= 0.3 is 5.97 Å². The summed E-state index contributed by atoms with van der Waals surface area (Å²) in [7, 11) is 1.21. The van der Waals surface area contributed by atoms with E-state index >= 15 is 0 Å². The summed E-state index contributed by atoms with van der Waals surface area (Å²) in [5.41, 5.74) is 6.04. The number of alkyl halides is 2. The van der Waals surface area contributed by atoms with Crippen molar-refractivity contribution >= 4 is 17.5 Å². The van der Waals surface area contributed by atoms with Crippen LogP contribution in [-0.2, 0) is 9.53 Å². The average Bonchev–Trinajstić information content (AvgIpc) is 2.47. The van der Waals surface area contributed by atoms with E-state index in [2.05, 4.69) is 9.72 Å². The molecule has 0 amide bonds. The third-order valence-electron chi connectivity index (χ3n) is 2.92. The molecule has 0 spiro atoms. The van der Waals surface area contributed by atoms with E-state index in [4.69, 9.17) is 5.73 Å². The second-order valence-electron chi connectivity index (χ2n) is 4.29. The van der Waals surface area contributed by atoms with Crippen LogP contribution in [0.4, 0.5) is 20.3 Å². The minimum atomic E-state index is -0.837. The molecule has 0 radical (unpaired) electrons. The zero-order chi connectivity index (χ0) is 15.0. The number of rotatable bonds is 8. The zero-order valence-electron chi connectivity index (χ0n) is 11.4. The summed E-state index contributed by atoms with van der Waals surface area (Å²) >= 11 is 0. The summed E-state index contributed by atoms with van der Waals surface area (Å²) in [5, 5.41) is 0. The number of aromatic nitrogens is 1. The molecule has 20 heavy (non-hydrogen) atoms. The lowest BCUT2D eigenvalue weighted by atomic mass is 10.1. The van der Waals surface area contributed by atoms with Crippen molar-refractivity contribution in [3.05, 3.63) is 18.3 Å². The van der Waals surface area contributed by atoms with Gasteiger partial charge in [-0.2, -0.15) is 0 Å². The van der Waals surface area contributed by atoms with Gasteiger partial charge in [0.05, 0.1) is 24.9 Å². The number of nitrogens with two attached hydrogens (primary N) is 1. The number of nitrogen functional groups attached to an aromatic ring is 1. The first-order valence-corrected chi connectivity index (χ1v) is 6.28. The van der Waals surface area contributed by atoms with Crippen LogP contribution in [0.5, 0.6) is 0 Å². The Morgan fingerprint density at radius 1 is 1.45 bits per heavy atom. The molecule has 2 N–H and O–H groups in total. The molecule has 112 valence electrons. The van der Waals surface area contributed by atoms with Crippen LogP contribution in [0.1, 0.15) is 6.42 Å². The van der Waals surface area contributed by atoms with E-state index in [9.17, 15) is 13.6 Å². The molecular weight excluding hydrogens is 268 g/mol. The SMILES string of the molecule is COC(=O)C(CF)CCN(CCF)c1ccc(N)cn1. The number of methoxy groups -OCH3 is 1. The molecule has 1 rings (SSSR count). The number of pyridine rings is 1. The summed E-state index contributed by atoms with van der Waals surface area (Å²) in [4.78, 5) is 17.0. The monoisotopic (exact) mass is 287 g/mol. The van der Waals surface area contributed by atoms with Crippen molar-refractivity contribution < 1.29 is 18.3 Å². The number of carbonyl (C=O) groups is 1. The molecule has 0 bridgehead atoms. The van der Waals surface area contributed by atoms with Crippen LogP contribution in [-0.4, -0.2) is 44.5 Å². The Labute approximate surface area is 116 Å². The smallest absolute Gasteiger partial charge is 0.311 e. The predicted molar refractivity (Wildman–Crippen MR) is 72.9 cm³/mol. The van der Waals surface area contributed by atoms with Crippen molar-refractivity contribution in [2.45, 2.75) is 6.42 Å². The fourth-order valence-corrected chi connectivity index (χ4v) is 1.76. The normalized spacial score (nSPS) is 11.9. The second-order valence-corrected chi connectivity index (χ2v) is 4.29. The maximum atomic E-state index is 12.8. The molecule has 0 saturated heterocycles. The Kier molecular flexibility index (Phi) is 6.69. The molecule has 0 fully saturated rings. The summed E-state index contributed by atoms with van der Waals surface area (Å²) in [6.07, 6.45) is 1.70. The van der Waals surface area contributed by atoms with Crippen LogP contribution in [0.2, 0.25) is 0 Å². The van der Waals surface area contributed by atoms with Gasteiger partial charge in [-0.25, -0.2) is 9.37 Å². The van der Waals surface area contributed by atoms with E-state index in [1.807, 2.05) is 0 Å². The molecule has 0 aliphatic carbocycles. The van der Waals surface area contributed by atoms with E-state index in [1.54, 1.807) is 17.0 Å². The molecule has 0 aromatic carbocycles. The van der Waals surface area contributed by atoms with Gasteiger partial charge in [0.1, 0.15) is 19.2 Å². The Balaban J connectivity index is 2.67. The lowest BCUT2D eigenvalue weighted by Gasteiger charge is -2.23. The van der Waals surface area contributed by atoms with Gasteiger partial charge in [0, 0.05) is 13.1 Å². The second kappa shape index (κ2) is 8.29. The Morgan fingerprint density at radius 3 is 2.70 bits per heavy atom. The third kappa shape index (κ3) is 4.64. The van der Waals surface area contributed by atoms with E-state index in [0.29, 0.717) is 18.1 Å². The molecular formula is C13H19F2N3O2. The van der Waals surface area contributed by atoms with Crippen molar-refractivity contribution in [2.24, 2.45) is 5.92 Å². The summed E-state index contributed by atoms with van der Waals surface area (Å²) in [5.74, 6) is -0.895. The molecule has 5 nitrogen and oxygen atoms in total. The van der Waals surface area contributed by atoms with Gasteiger partial charge in [-0.15, -0.1) is 0 Å². The van der Waals surface area contributed by atoms with Gasteiger partial charge in [0.2, 0.25) is 0 Å². The number of hydrogen-bond acceptors (Lipinski definition) is 5. The number of carbonyl (C=O) groups excluding carboxylic acids is 1. The first kappa shape index (κ1) is 16.1. The molecule has 1 atom stereocenters. The highest BCUT2D eigenvalue weighted by molar-refractivity contribution is 5.72. The van der Waals surface area contributed by atoms with Crippen LogP contribution < -0.4 is 10.6 Å². The number of ether oxygens (including phenoxy) is 1. The fraction of sp³-hybridized carbons (Fsp3) is 0.538. The Hall–Kier alpha value is -1.92. The first-order valence-electron chi connectivity index (χ1n) is 6.28. The predicted octanol–water partition coefficient (Wildman–Crippen LogP) is 1.59. The van der Waals surface area contributed by atoms with Crippen molar-refractivity contribution in [3.8, 4) is 0 Å². The zero-order valence-corrected chi connectivity index (χ0v) is 11.4. The highest BCUT2D eigenvalue weighted by atomic mass is 19.1. The molecule has 0 aliphatic heterocycles. The Bertz CT molecular complexity index is 415. The number of esters is 1. The highest BCUT2D eigenvalue weighted by Crippen LogP contribution is 2.15. The molecule has 0 saturated carbocycles. The van der Waals surface area contributed by atoms with Crippen molar-refractivity contribution in [2.75, 3.05) is 44.2 Å². The largest absolute Gasteiger partial charge is 0.469 e. The number of hydrogen-bond donors (Lipinski definition) is 1. The van der Waals surface area contributed by atoms with Crippen LogP contribution in [0.15, 0.2) is 18.3 Å². The van der Waals surface area contributed by atoms with Crippen molar-refractivity contribution in [3.63, 3.8) is 0 Å². The van der Waals surface area contributed by atoms with E-state index in [1.165, 1.54) is 13.3 Å². The topological polar surface area (TPSA) is 68.5 Å². The van der Waals surface area contributed by atoms with Crippen molar-refractivity contribution in [1.29, 1.82) is 0 Å². The summed E-state index contributed by atoms with van der Waals surface area (Å²) in [6.45, 7) is -0.933. The maximum absolute atomic E-state index is 12.8. The quantitative estimate of drug-likeness (QED) is 0.735. The number of anilines is 2. The summed E-state index contributed by atoms with van der Waals surface area (Å²) < 4.78 is 29.9. The molecule has 1 heterocycles. The number of halogens is 2. The molecule has 1 aromatic rings. The van der Waals surface area contributed by atoms with Crippen LogP contribution in [0.3, 0.4) is 0 Å². The lowest BCUT2D eigenvalue weighted by molar-refractivity contribution is -0.146. The average molecular weight is 287 g/mol. The molecule has 0 aliphatic rings. The van der Waals surface area contributed by atoms with Crippen LogP contribution in [0, 0.1) is 5.92 Å². The molecule has 7 heteroatoms. The van der Waals surface area contributed by atoms with Crippen LogP contribution >= 0.6 is 0 Å². The standard InChI is InChI=1S/C13H19F2N3O2/c1-20-13(19)10(8-15)4-6-18(7-5-14)12-3-2-11(16)9-17-12/h2-3,9-10H,4-8,16H2,1H3. The van der Waals surface area contributed by atoms with Gasteiger partial charge in [0.25, 0.3) is 0 Å². The van der Waals surface area contributed by atoms with Gasteiger partial charge in [-0.3, -0.25) is 9.18 Å². The van der Waals surface area contributed by atoms with E-state index < -0.39 is 25.2 Å². The minimum Gasteiger partial charge on any atom is -0.469 e. The molecule has 1 unspecified atom stereocenters. The minimum absolute atomic E-state index is 0.122.